The van der Waals surface area contributed by atoms with E-state index in [1.54, 1.807) is 0 Å². The van der Waals surface area contributed by atoms with Crippen LogP contribution in [0.4, 0.5) is 0 Å². The van der Waals surface area contributed by atoms with Gasteiger partial charge >= 0.3 is 0 Å². The van der Waals surface area contributed by atoms with E-state index in [1.165, 1.54) is 16.7 Å². The highest BCUT2D eigenvalue weighted by molar-refractivity contribution is 5.26. The Morgan fingerprint density at radius 1 is 1.35 bits per heavy atom. The quantitative estimate of drug-likeness (QED) is 0.796. The Morgan fingerprint density at radius 2 is 2.12 bits per heavy atom. The van der Waals surface area contributed by atoms with Crippen LogP contribution in [0.25, 0.3) is 0 Å². The lowest BCUT2D eigenvalue weighted by Gasteiger charge is -2.27. The van der Waals surface area contributed by atoms with Crippen LogP contribution in [0.3, 0.4) is 0 Å². The minimum Gasteiger partial charge on any atom is -0.314 e. The zero-order valence-electron chi connectivity index (χ0n) is 10.7. The molecule has 2 nitrogen and oxygen atoms in total. The molecule has 0 unspecified atom stereocenters. The van der Waals surface area contributed by atoms with Crippen LogP contribution in [0.2, 0.25) is 0 Å². The van der Waals surface area contributed by atoms with Gasteiger partial charge in [-0.15, -0.1) is 0 Å². The van der Waals surface area contributed by atoms with Crippen LogP contribution in [0.5, 0.6) is 0 Å². The molecule has 0 bridgehead atoms. The number of rotatable bonds is 4. The summed E-state index contributed by atoms with van der Waals surface area (Å²) in [6, 6.07) is 8.71. The highest BCUT2D eigenvalue weighted by Gasteiger charge is 2.10. The molecule has 1 saturated heterocycles. The van der Waals surface area contributed by atoms with Crippen LogP contribution in [-0.4, -0.2) is 37.6 Å². The predicted octanol–water partition coefficient (Wildman–Crippen LogP) is 2.00. The van der Waals surface area contributed by atoms with E-state index in [4.69, 9.17) is 0 Å². The van der Waals surface area contributed by atoms with Crippen LogP contribution in [0.1, 0.15) is 11.1 Å². The van der Waals surface area contributed by atoms with Crippen molar-refractivity contribution in [1.82, 2.24) is 10.2 Å². The Morgan fingerprint density at radius 3 is 2.82 bits per heavy atom. The molecule has 0 spiro atoms. The maximum Gasteiger partial charge on any atom is 0.0194 e. The Hall–Kier alpha value is -1.12. The van der Waals surface area contributed by atoms with Crippen LogP contribution < -0.4 is 5.32 Å². The molecule has 0 atom stereocenters. The van der Waals surface area contributed by atoms with Crippen molar-refractivity contribution in [2.75, 3.05) is 32.7 Å². The smallest absolute Gasteiger partial charge is 0.0194 e. The Kier molecular flexibility index (Phi) is 4.35. The second-order valence-electron chi connectivity index (χ2n) is 4.94. The maximum absolute atomic E-state index is 4.21. The third kappa shape index (κ3) is 3.99. The van der Waals surface area contributed by atoms with Crippen molar-refractivity contribution < 1.29 is 0 Å². The van der Waals surface area contributed by atoms with Crippen molar-refractivity contribution in [1.29, 1.82) is 0 Å². The fourth-order valence-corrected chi connectivity index (χ4v) is 2.35. The zero-order valence-corrected chi connectivity index (χ0v) is 10.7. The average Bonchev–Trinajstić information content (AvgIpc) is 2.30. The van der Waals surface area contributed by atoms with Gasteiger partial charge in [0.25, 0.3) is 0 Å². The Bertz CT molecular complexity index is 378. The molecular weight excluding hydrogens is 208 g/mol. The number of nitrogens with zero attached hydrogens (tertiary/aromatic N) is 1. The molecule has 1 aromatic carbocycles. The molecule has 0 saturated carbocycles. The summed E-state index contributed by atoms with van der Waals surface area (Å²) >= 11 is 0. The van der Waals surface area contributed by atoms with Gasteiger partial charge in [0.2, 0.25) is 0 Å². The van der Waals surface area contributed by atoms with E-state index in [9.17, 15) is 0 Å². The molecule has 1 heterocycles. The van der Waals surface area contributed by atoms with Crippen LogP contribution in [0, 0.1) is 6.92 Å². The van der Waals surface area contributed by atoms with E-state index in [-0.39, 0.29) is 0 Å². The topological polar surface area (TPSA) is 15.3 Å². The molecule has 92 valence electrons. The van der Waals surface area contributed by atoms with E-state index in [0.717, 1.165) is 39.1 Å². The SMILES string of the molecule is C=C(Cc1cccc(C)c1)CN1CCNCC1. The molecule has 1 aromatic rings. The van der Waals surface area contributed by atoms with Crippen LogP contribution in [0.15, 0.2) is 36.4 Å². The first-order chi connectivity index (χ1) is 8.24. The van der Waals surface area contributed by atoms with Crippen molar-refractivity contribution in [2.45, 2.75) is 13.3 Å². The fourth-order valence-electron chi connectivity index (χ4n) is 2.35. The van der Waals surface area contributed by atoms with Crippen molar-refractivity contribution in [3.63, 3.8) is 0 Å². The van der Waals surface area contributed by atoms with Crippen molar-refractivity contribution >= 4 is 0 Å². The second-order valence-corrected chi connectivity index (χ2v) is 4.94. The summed E-state index contributed by atoms with van der Waals surface area (Å²) in [6.07, 6.45) is 1.01. The largest absolute Gasteiger partial charge is 0.314 e. The third-order valence-electron chi connectivity index (χ3n) is 3.19. The summed E-state index contributed by atoms with van der Waals surface area (Å²) in [5, 5.41) is 3.37. The minimum absolute atomic E-state index is 1.01. The normalized spacial score (nSPS) is 17.0. The molecular formula is C15H22N2. The summed E-state index contributed by atoms with van der Waals surface area (Å²) < 4.78 is 0. The molecule has 1 N–H and O–H groups in total. The van der Waals surface area contributed by atoms with Gasteiger partial charge in [-0.3, -0.25) is 4.90 Å². The number of piperazine rings is 1. The van der Waals surface area contributed by atoms with Gasteiger partial charge in [0, 0.05) is 32.7 Å². The van der Waals surface area contributed by atoms with Gasteiger partial charge in [0.15, 0.2) is 0 Å². The van der Waals surface area contributed by atoms with E-state index in [2.05, 4.69) is 48.0 Å². The first-order valence-corrected chi connectivity index (χ1v) is 6.39. The molecule has 0 radical (unpaired) electrons. The number of hydrogen-bond acceptors (Lipinski definition) is 2. The molecule has 2 rings (SSSR count). The lowest BCUT2D eigenvalue weighted by atomic mass is 10.0. The highest BCUT2D eigenvalue weighted by atomic mass is 15.2. The number of aryl methyl sites for hydroxylation is 1. The monoisotopic (exact) mass is 230 g/mol. The minimum atomic E-state index is 1.01. The van der Waals surface area contributed by atoms with Crippen molar-refractivity contribution in [3.05, 3.63) is 47.5 Å². The Labute approximate surface area is 104 Å². The maximum atomic E-state index is 4.21. The highest BCUT2D eigenvalue weighted by Crippen LogP contribution is 2.10. The lowest BCUT2D eigenvalue weighted by Crippen LogP contribution is -2.44. The first kappa shape index (κ1) is 12.3. The molecule has 2 heteroatoms. The summed E-state index contributed by atoms with van der Waals surface area (Å²) in [7, 11) is 0. The summed E-state index contributed by atoms with van der Waals surface area (Å²) in [4.78, 5) is 2.48. The molecule has 0 aromatic heterocycles. The molecule has 17 heavy (non-hydrogen) atoms. The number of benzene rings is 1. The van der Waals surface area contributed by atoms with E-state index in [1.807, 2.05) is 0 Å². The third-order valence-corrected chi connectivity index (χ3v) is 3.19. The first-order valence-electron chi connectivity index (χ1n) is 6.39. The standard InChI is InChI=1S/C15H22N2/c1-13-4-3-5-15(10-13)11-14(2)12-17-8-6-16-7-9-17/h3-5,10,16H,2,6-9,11-12H2,1H3. The molecule has 1 aliphatic heterocycles. The van der Waals surface area contributed by atoms with E-state index >= 15 is 0 Å². The molecule has 1 fully saturated rings. The van der Waals surface area contributed by atoms with Gasteiger partial charge in [0.1, 0.15) is 0 Å². The van der Waals surface area contributed by atoms with Crippen molar-refractivity contribution in [3.8, 4) is 0 Å². The number of hydrogen-bond donors (Lipinski definition) is 1. The Balaban J connectivity index is 1.84. The van der Waals surface area contributed by atoms with Gasteiger partial charge in [-0.05, 0) is 18.9 Å². The van der Waals surface area contributed by atoms with Crippen LogP contribution in [-0.2, 0) is 6.42 Å². The van der Waals surface area contributed by atoms with Gasteiger partial charge in [-0.2, -0.15) is 0 Å². The van der Waals surface area contributed by atoms with Gasteiger partial charge < -0.3 is 5.32 Å². The van der Waals surface area contributed by atoms with Gasteiger partial charge in [-0.25, -0.2) is 0 Å². The van der Waals surface area contributed by atoms with E-state index in [0.29, 0.717) is 0 Å². The lowest BCUT2D eigenvalue weighted by molar-refractivity contribution is 0.258. The second kappa shape index (κ2) is 5.99. The summed E-state index contributed by atoms with van der Waals surface area (Å²) in [6.45, 7) is 11.9. The van der Waals surface area contributed by atoms with E-state index < -0.39 is 0 Å². The average molecular weight is 230 g/mol. The molecule has 0 amide bonds. The van der Waals surface area contributed by atoms with Gasteiger partial charge in [-0.1, -0.05) is 42.0 Å². The van der Waals surface area contributed by atoms with Crippen molar-refractivity contribution in [2.24, 2.45) is 0 Å². The zero-order chi connectivity index (χ0) is 12.1. The molecule has 1 aliphatic rings. The summed E-state index contributed by atoms with van der Waals surface area (Å²) in [5.41, 5.74) is 4.03. The fraction of sp³-hybridized carbons (Fsp3) is 0.467. The van der Waals surface area contributed by atoms with Gasteiger partial charge in [0.05, 0.1) is 0 Å². The predicted molar refractivity (Wildman–Crippen MR) is 73.3 cm³/mol. The molecule has 0 aliphatic carbocycles. The number of nitrogens with one attached hydrogen (secondary N) is 1. The summed E-state index contributed by atoms with van der Waals surface area (Å²) in [5.74, 6) is 0. The van der Waals surface area contributed by atoms with Crippen LogP contribution >= 0.6 is 0 Å².